The molecule has 0 aromatic heterocycles. The maximum atomic E-state index is 10.2. The minimum atomic E-state index is -0.479. The minimum Gasteiger partial charge on any atom is -0.390 e. The lowest BCUT2D eigenvalue weighted by atomic mass is 9.95. The number of aliphatic hydroxyl groups is 1. The molecule has 0 aromatic carbocycles. The first kappa shape index (κ1) is 31.6. The molecule has 1 atom stereocenters. The number of ether oxygens (including phenoxy) is 1. The van der Waals surface area contributed by atoms with Crippen molar-refractivity contribution in [2.24, 2.45) is 0 Å². The molecule has 0 aromatic rings. The number of rotatable bonds is 17. The van der Waals surface area contributed by atoms with Gasteiger partial charge in [0.25, 0.3) is 0 Å². The van der Waals surface area contributed by atoms with Crippen molar-refractivity contribution in [1.82, 2.24) is 0 Å². The zero-order valence-corrected chi connectivity index (χ0v) is 23.4. The summed E-state index contributed by atoms with van der Waals surface area (Å²) < 4.78 is 5.37. The number of hydrogen-bond donors (Lipinski definition) is 1. The second-order valence-corrected chi connectivity index (χ2v) is 10.5. The Hall–Kier alpha value is -1.38. The van der Waals surface area contributed by atoms with Gasteiger partial charge in [0, 0.05) is 7.11 Å². The van der Waals surface area contributed by atoms with Crippen LogP contribution in [0.3, 0.4) is 0 Å². The highest BCUT2D eigenvalue weighted by molar-refractivity contribution is 5.07. The smallest absolute Gasteiger partial charge is 0.0880 e. The van der Waals surface area contributed by atoms with Crippen LogP contribution in [-0.4, -0.2) is 23.9 Å². The zero-order chi connectivity index (χ0) is 25.3. The van der Waals surface area contributed by atoms with Gasteiger partial charge in [-0.2, -0.15) is 0 Å². The fraction of sp³-hybridized carbons (Fsp3) is 0.677. The Morgan fingerprint density at radius 3 is 1.39 bits per heavy atom. The van der Waals surface area contributed by atoms with Gasteiger partial charge in [-0.1, -0.05) is 58.2 Å². The minimum absolute atomic E-state index is 0.434. The monoisotopic (exact) mass is 458 g/mol. The van der Waals surface area contributed by atoms with Crippen LogP contribution < -0.4 is 0 Å². The summed E-state index contributed by atoms with van der Waals surface area (Å²) in [6, 6.07) is 0. The largest absolute Gasteiger partial charge is 0.390 e. The number of aliphatic hydroxyl groups excluding tert-OH is 1. The maximum Gasteiger partial charge on any atom is 0.0880 e. The summed E-state index contributed by atoms with van der Waals surface area (Å²) in [5.74, 6) is 0. The van der Waals surface area contributed by atoms with Gasteiger partial charge in [-0.3, -0.25) is 0 Å². The van der Waals surface area contributed by atoms with E-state index in [4.69, 9.17) is 4.74 Å². The molecule has 0 saturated heterocycles. The van der Waals surface area contributed by atoms with E-state index in [1.54, 1.807) is 7.11 Å². The Balaban J connectivity index is 4.15. The fourth-order valence-corrected chi connectivity index (χ4v) is 3.60. The van der Waals surface area contributed by atoms with E-state index in [2.05, 4.69) is 71.9 Å². The highest BCUT2D eigenvalue weighted by atomic mass is 16.5. The van der Waals surface area contributed by atoms with E-state index in [1.807, 2.05) is 13.8 Å². The van der Waals surface area contributed by atoms with Crippen LogP contribution >= 0.6 is 0 Å². The Labute approximate surface area is 206 Å². The standard InChI is InChI=1S/C31H54O2/c1-25(2)15-12-18-28(5)21-13-19-26(3)16-10-11-17-27(4)20-14-22-29(6)23-24-30(32)31(7,8)33-9/h15-17,21-22,30,32H,10-14,18-20,23-24H2,1-9H3/b26-16+,27-17+,28-21+,29-22+. The molecule has 0 saturated carbocycles. The third-order valence-electron chi connectivity index (χ3n) is 6.45. The lowest BCUT2D eigenvalue weighted by molar-refractivity contribution is -0.0797. The highest BCUT2D eigenvalue weighted by Gasteiger charge is 2.26. The number of unbranched alkanes of at least 4 members (excludes halogenated alkanes) is 1. The third kappa shape index (κ3) is 17.7. The first-order valence-electron chi connectivity index (χ1n) is 13.0. The predicted octanol–water partition coefficient (Wildman–Crippen LogP) is 9.42. The molecule has 0 aliphatic heterocycles. The predicted molar refractivity (Wildman–Crippen MR) is 148 cm³/mol. The van der Waals surface area contributed by atoms with Gasteiger partial charge in [0.2, 0.25) is 0 Å². The van der Waals surface area contributed by atoms with Gasteiger partial charge >= 0.3 is 0 Å². The molecule has 0 aliphatic rings. The molecule has 0 bridgehead atoms. The summed E-state index contributed by atoms with van der Waals surface area (Å²) in [4.78, 5) is 0. The molecule has 0 fully saturated rings. The summed E-state index contributed by atoms with van der Waals surface area (Å²) in [6.07, 6.45) is 22.2. The summed E-state index contributed by atoms with van der Waals surface area (Å²) in [5.41, 5.74) is 6.78. The summed E-state index contributed by atoms with van der Waals surface area (Å²) in [6.45, 7) is 17.1. The molecule has 2 nitrogen and oxygen atoms in total. The summed E-state index contributed by atoms with van der Waals surface area (Å²) in [5, 5.41) is 10.2. The Morgan fingerprint density at radius 1 is 0.636 bits per heavy atom. The first-order valence-corrected chi connectivity index (χ1v) is 13.0. The molecule has 1 unspecified atom stereocenters. The van der Waals surface area contributed by atoms with E-state index in [9.17, 15) is 5.11 Å². The van der Waals surface area contributed by atoms with Crippen molar-refractivity contribution >= 4 is 0 Å². The molecular formula is C31H54O2. The van der Waals surface area contributed by atoms with Crippen LogP contribution in [0.25, 0.3) is 0 Å². The number of hydrogen-bond acceptors (Lipinski definition) is 2. The van der Waals surface area contributed by atoms with Crippen LogP contribution in [0.2, 0.25) is 0 Å². The van der Waals surface area contributed by atoms with Crippen LogP contribution in [0, 0.1) is 0 Å². The average Bonchev–Trinajstić information content (AvgIpc) is 2.74. The molecule has 0 spiro atoms. The lowest BCUT2D eigenvalue weighted by Gasteiger charge is -2.29. The fourth-order valence-electron chi connectivity index (χ4n) is 3.60. The Kier molecular flexibility index (Phi) is 17.3. The van der Waals surface area contributed by atoms with E-state index >= 15 is 0 Å². The highest BCUT2D eigenvalue weighted by Crippen LogP contribution is 2.20. The van der Waals surface area contributed by atoms with E-state index in [1.165, 1.54) is 40.7 Å². The molecule has 0 radical (unpaired) electrons. The van der Waals surface area contributed by atoms with Crippen LogP contribution in [0.1, 0.15) is 120 Å². The van der Waals surface area contributed by atoms with Crippen molar-refractivity contribution in [2.45, 2.75) is 131 Å². The maximum absolute atomic E-state index is 10.2. The third-order valence-corrected chi connectivity index (χ3v) is 6.45. The average molecular weight is 459 g/mol. The lowest BCUT2D eigenvalue weighted by Crippen LogP contribution is -2.37. The molecule has 0 heterocycles. The molecule has 2 heteroatoms. The van der Waals surface area contributed by atoms with E-state index in [0.29, 0.717) is 0 Å². The molecule has 1 N–H and O–H groups in total. The van der Waals surface area contributed by atoms with Crippen molar-refractivity contribution in [1.29, 1.82) is 0 Å². The molecule has 0 aliphatic carbocycles. The number of allylic oxidation sites excluding steroid dienone is 10. The second kappa shape index (κ2) is 18.0. The summed E-state index contributed by atoms with van der Waals surface area (Å²) >= 11 is 0. The van der Waals surface area contributed by atoms with Gasteiger partial charge < -0.3 is 9.84 Å². The van der Waals surface area contributed by atoms with Crippen molar-refractivity contribution in [3.63, 3.8) is 0 Å². The first-order chi connectivity index (χ1) is 15.5. The Bertz CT molecular complexity index is 682. The molecule has 33 heavy (non-hydrogen) atoms. The van der Waals surface area contributed by atoms with Gasteiger partial charge in [0.1, 0.15) is 0 Å². The number of methoxy groups -OCH3 is 1. The van der Waals surface area contributed by atoms with Crippen molar-refractivity contribution in [3.8, 4) is 0 Å². The van der Waals surface area contributed by atoms with Gasteiger partial charge in [-0.05, 0) is 120 Å². The van der Waals surface area contributed by atoms with Crippen molar-refractivity contribution < 1.29 is 9.84 Å². The van der Waals surface area contributed by atoms with Gasteiger partial charge in [0.05, 0.1) is 11.7 Å². The zero-order valence-electron chi connectivity index (χ0n) is 23.4. The van der Waals surface area contributed by atoms with Gasteiger partial charge in [0.15, 0.2) is 0 Å². The molecular weight excluding hydrogens is 404 g/mol. The Morgan fingerprint density at radius 2 is 1.00 bits per heavy atom. The molecule has 0 rings (SSSR count). The van der Waals surface area contributed by atoms with E-state index in [-0.39, 0.29) is 0 Å². The molecule has 190 valence electrons. The summed E-state index contributed by atoms with van der Waals surface area (Å²) in [7, 11) is 1.66. The quantitative estimate of drug-likeness (QED) is 0.174. The van der Waals surface area contributed by atoms with Crippen molar-refractivity contribution in [3.05, 3.63) is 58.2 Å². The van der Waals surface area contributed by atoms with Gasteiger partial charge in [-0.25, -0.2) is 0 Å². The topological polar surface area (TPSA) is 29.5 Å². The van der Waals surface area contributed by atoms with Crippen molar-refractivity contribution in [2.75, 3.05) is 7.11 Å². The van der Waals surface area contributed by atoms with Gasteiger partial charge in [-0.15, -0.1) is 0 Å². The van der Waals surface area contributed by atoms with Crippen LogP contribution in [0.5, 0.6) is 0 Å². The van der Waals surface area contributed by atoms with E-state index in [0.717, 1.165) is 51.4 Å². The normalized spacial score (nSPS) is 15.1. The SMILES string of the molecule is COC(C)(C)C(O)CC/C(C)=C/CC/C(C)=C/CC/C=C(\C)CC/C=C(\C)CCC=C(C)C. The van der Waals surface area contributed by atoms with Crippen LogP contribution in [0.4, 0.5) is 0 Å². The van der Waals surface area contributed by atoms with E-state index < -0.39 is 11.7 Å². The molecule has 0 amide bonds. The van der Waals surface area contributed by atoms with Crippen LogP contribution in [0.15, 0.2) is 58.2 Å². The second-order valence-electron chi connectivity index (χ2n) is 10.5. The van der Waals surface area contributed by atoms with Crippen LogP contribution in [-0.2, 0) is 4.74 Å².